The number of nitrogens with one attached hydrogen (secondary N) is 2. The SMILES string of the molecule is CC1(C)CCCC(NC(=O)[C@@H]2Cc3ccccc3CN2)C1. The summed E-state index contributed by atoms with van der Waals surface area (Å²) in [5, 5.41) is 6.65. The maximum absolute atomic E-state index is 12.5. The van der Waals surface area contributed by atoms with Crippen LogP contribution < -0.4 is 10.6 Å². The van der Waals surface area contributed by atoms with Gasteiger partial charge in [0.2, 0.25) is 5.91 Å². The van der Waals surface area contributed by atoms with E-state index in [1.54, 1.807) is 0 Å². The molecule has 0 aromatic heterocycles. The van der Waals surface area contributed by atoms with Crippen LogP contribution in [0.2, 0.25) is 0 Å². The van der Waals surface area contributed by atoms with Crippen molar-refractivity contribution in [2.24, 2.45) is 5.41 Å². The molecule has 1 aliphatic carbocycles. The minimum Gasteiger partial charge on any atom is -0.352 e. The predicted molar refractivity (Wildman–Crippen MR) is 85.0 cm³/mol. The van der Waals surface area contributed by atoms with Gasteiger partial charge in [0.1, 0.15) is 0 Å². The first-order valence-electron chi connectivity index (χ1n) is 8.14. The molecule has 3 rings (SSSR count). The van der Waals surface area contributed by atoms with Crippen molar-refractivity contribution < 1.29 is 4.79 Å². The van der Waals surface area contributed by atoms with Crippen LogP contribution in [0.3, 0.4) is 0 Å². The van der Waals surface area contributed by atoms with E-state index in [4.69, 9.17) is 0 Å². The van der Waals surface area contributed by atoms with E-state index in [0.717, 1.165) is 25.8 Å². The molecule has 0 bridgehead atoms. The smallest absolute Gasteiger partial charge is 0.237 e. The molecule has 1 aromatic carbocycles. The Morgan fingerprint density at radius 1 is 1.29 bits per heavy atom. The van der Waals surface area contributed by atoms with Crippen LogP contribution in [0.1, 0.15) is 50.7 Å². The second kappa shape index (κ2) is 5.80. The maximum Gasteiger partial charge on any atom is 0.237 e. The lowest BCUT2D eigenvalue weighted by Gasteiger charge is -2.36. The third kappa shape index (κ3) is 3.46. The molecule has 2 N–H and O–H groups in total. The lowest BCUT2D eigenvalue weighted by Crippen LogP contribution is -2.51. The number of hydrogen-bond donors (Lipinski definition) is 2. The molecule has 0 radical (unpaired) electrons. The standard InChI is InChI=1S/C18H26N2O/c1-18(2)9-5-8-15(11-18)20-17(21)16-10-13-6-3-4-7-14(13)12-19-16/h3-4,6-7,15-16,19H,5,8-12H2,1-2H3,(H,20,21)/t15?,16-/m0/s1. The first kappa shape index (κ1) is 14.6. The number of rotatable bonds is 2. The third-order valence-electron chi connectivity index (χ3n) is 4.95. The Labute approximate surface area is 127 Å². The molecule has 3 nitrogen and oxygen atoms in total. The van der Waals surface area contributed by atoms with Crippen LogP contribution in [0.4, 0.5) is 0 Å². The van der Waals surface area contributed by atoms with E-state index in [-0.39, 0.29) is 11.9 Å². The average molecular weight is 286 g/mol. The second-order valence-corrected chi connectivity index (χ2v) is 7.37. The van der Waals surface area contributed by atoms with E-state index in [1.807, 2.05) is 0 Å². The molecule has 3 heteroatoms. The molecule has 1 heterocycles. The number of hydrogen-bond acceptors (Lipinski definition) is 2. The molecule has 1 aromatic rings. The monoisotopic (exact) mass is 286 g/mol. The molecule has 1 fully saturated rings. The summed E-state index contributed by atoms with van der Waals surface area (Å²) in [4.78, 5) is 12.5. The van der Waals surface area contributed by atoms with Crippen molar-refractivity contribution in [1.29, 1.82) is 0 Å². The summed E-state index contributed by atoms with van der Waals surface area (Å²) < 4.78 is 0. The van der Waals surface area contributed by atoms with Gasteiger partial charge in [0.05, 0.1) is 6.04 Å². The fourth-order valence-electron chi connectivity index (χ4n) is 3.76. The summed E-state index contributed by atoms with van der Waals surface area (Å²) in [6.45, 7) is 5.41. The molecular weight excluding hydrogens is 260 g/mol. The lowest BCUT2D eigenvalue weighted by molar-refractivity contribution is -0.124. The van der Waals surface area contributed by atoms with Gasteiger partial charge >= 0.3 is 0 Å². The first-order chi connectivity index (χ1) is 10.0. The second-order valence-electron chi connectivity index (χ2n) is 7.37. The van der Waals surface area contributed by atoms with Gasteiger partial charge in [-0.15, -0.1) is 0 Å². The fourth-order valence-corrected chi connectivity index (χ4v) is 3.76. The molecule has 1 unspecified atom stereocenters. The largest absolute Gasteiger partial charge is 0.352 e. The molecule has 1 aliphatic heterocycles. The van der Waals surface area contributed by atoms with Gasteiger partial charge in [0.25, 0.3) is 0 Å². The minimum absolute atomic E-state index is 0.0788. The zero-order chi connectivity index (χ0) is 14.9. The zero-order valence-electron chi connectivity index (χ0n) is 13.1. The van der Waals surface area contributed by atoms with Gasteiger partial charge in [-0.25, -0.2) is 0 Å². The van der Waals surface area contributed by atoms with Crippen molar-refractivity contribution in [3.63, 3.8) is 0 Å². The van der Waals surface area contributed by atoms with Gasteiger partial charge in [-0.2, -0.15) is 0 Å². The number of benzene rings is 1. The van der Waals surface area contributed by atoms with Crippen molar-refractivity contribution in [1.82, 2.24) is 10.6 Å². The number of carbonyl (C=O) groups excluding carboxylic acids is 1. The van der Waals surface area contributed by atoms with Gasteiger partial charge in [-0.1, -0.05) is 44.5 Å². The van der Waals surface area contributed by atoms with Crippen LogP contribution >= 0.6 is 0 Å². The first-order valence-corrected chi connectivity index (χ1v) is 8.14. The normalized spacial score (nSPS) is 27.7. The molecule has 1 amide bonds. The Bertz CT molecular complexity index is 524. The summed E-state index contributed by atoms with van der Waals surface area (Å²) in [6.07, 6.45) is 5.52. The van der Waals surface area contributed by atoms with Crippen LogP contribution in [-0.4, -0.2) is 18.0 Å². The third-order valence-corrected chi connectivity index (χ3v) is 4.95. The van der Waals surface area contributed by atoms with Gasteiger partial charge in [-0.3, -0.25) is 4.79 Å². The van der Waals surface area contributed by atoms with E-state index in [9.17, 15) is 4.79 Å². The van der Waals surface area contributed by atoms with E-state index < -0.39 is 0 Å². The Balaban J connectivity index is 1.59. The molecule has 1 saturated carbocycles. The predicted octanol–water partition coefficient (Wildman–Crippen LogP) is 2.79. The highest BCUT2D eigenvalue weighted by Crippen LogP contribution is 2.35. The van der Waals surface area contributed by atoms with Crippen LogP contribution in [0, 0.1) is 5.41 Å². The molecule has 21 heavy (non-hydrogen) atoms. The van der Waals surface area contributed by atoms with Crippen molar-refractivity contribution in [3.8, 4) is 0 Å². The summed E-state index contributed by atoms with van der Waals surface area (Å²) in [6, 6.07) is 8.67. The quantitative estimate of drug-likeness (QED) is 0.878. The van der Waals surface area contributed by atoms with Gasteiger partial charge in [0.15, 0.2) is 0 Å². The number of amides is 1. The molecule has 0 spiro atoms. The molecule has 2 aliphatic rings. The van der Waals surface area contributed by atoms with Crippen molar-refractivity contribution in [2.45, 2.75) is 64.6 Å². The highest BCUT2D eigenvalue weighted by molar-refractivity contribution is 5.82. The van der Waals surface area contributed by atoms with Crippen molar-refractivity contribution in [3.05, 3.63) is 35.4 Å². The Morgan fingerprint density at radius 3 is 2.81 bits per heavy atom. The molecule has 114 valence electrons. The summed E-state index contributed by atoms with van der Waals surface area (Å²) in [5.41, 5.74) is 2.99. The highest BCUT2D eigenvalue weighted by Gasteiger charge is 2.31. The van der Waals surface area contributed by atoms with Gasteiger partial charge in [0, 0.05) is 12.6 Å². The van der Waals surface area contributed by atoms with Crippen LogP contribution in [-0.2, 0) is 17.8 Å². The van der Waals surface area contributed by atoms with E-state index >= 15 is 0 Å². The van der Waals surface area contributed by atoms with Crippen LogP contribution in [0.25, 0.3) is 0 Å². The maximum atomic E-state index is 12.5. The summed E-state index contributed by atoms with van der Waals surface area (Å²) in [7, 11) is 0. The fraction of sp³-hybridized carbons (Fsp3) is 0.611. The van der Waals surface area contributed by atoms with E-state index in [2.05, 4.69) is 48.7 Å². The van der Waals surface area contributed by atoms with Crippen molar-refractivity contribution in [2.75, 3.05) is 0 Å². The van der Waals surface area contributed by atoms with E-state index in [1.165, 1.54) is 24.0 Å². The number of fused-ring (bicyclic) bond motifs is 1. The Hall–Kier alpha value is -1.35. The van der Waals surface area contributed by atoms with Gasteiger partial charge in [-0.05, 0) is 42.2 Å². The van der Waals surface area contributed by atoms with Crippen LogP contribution in [0.5, 0.6) is 0 Å². The summed E-state index contributed by atoms with van der Waals surface area (Å²) in [5.74, 6) is 0.173. The lowest BCUT2D eigenvalue weighted by atomic mass is 9.75. The van der Waals surface area contributed by atoms with Crippen LogP contribution in [0.15, 0.2) is 24.3 Å². The average Bonchev–Trinajstić information content (AvgIpc) is 2.45. The molecule has 0 saturated heterocycles. The summed E-state index contributed by atoms with van der Waals surface area (Å²) >= 11 is 0. The highest BCUT2D eigenvalue weighted by atomic mass is 16.2. The topological polar surface area (TPSA) is 41.1 Å². The van der Waals surface area contributed by atoms with Gasteiger partial charge < -0.3 is 10.6 Å². The zero-order valence-corrected chi connectivity index (χ0v) is 13.1. The Morgan fingerprint density at radius 2 is 2.05 bits per heavy atom. The minimum atomic E-state index is -0.0788. The molecule has 2 atom stereocenters. The molecular formula is C18H26N2O. The number of carbonyl (C=O) groups is 1. The Kier molecular flexibility index (Phi) is 4.03. The van der Waals surface area contributed by atoms with E-state index in [0.29, 0.717) is 11.5 Å². The van der Waals surface area contributed by atoms with Crippen molar-refractivity contribution >= 4 is 5.91 Å².